The van der Waals surface area contributed by atoms with Crippen LogP contribution in [0.15, 0.2) is 22.7 Å². The van der Waals surface area contributed by atoms with Gasteiger partial charge in [-0.1, -0.05) is 22.0 Å². The van der Waals surface area contributed by atoms with Gasteiger partial charge in [-0.25, -0.2) is 0 Å². The number of piperidine rings is 1. The van der Waals surface area contributed by atoms with E-state index in [1.807, 2.05) is 0 Å². The molecule has 0 aliphatic carbocycles. The molecule has 100 valence electrons. The first-order chi connectivity index (χ1) is 8.63. The predicted octanol–water partition coefficient (Wildman–Crippen LogP) is 2.44. The smallest absolute Gasteiger partial charge is 0.0423 e. The van der Waals surface area contributed by atoms with E-state index in [1.165, 1.54) is 24.1 Å². The maximum absolute atomic E-state index is 5.87. The van der Waals surface area contributed by atoms with Crippen molar-refractivity contribution in [2.75, 3.05) is 32.1 Å². The Kier molecular flexibility index (Phi) is 4.65. The molecule has 0 atom stereocenters. The predicted molar refractivity (Wildman–Crippen MR) is 81.0 cm³/mol. The highest BCUT2D eigenvalue weighted by atomic mass is 79.9. The molecular formula is C14H22BrN3. The van der Waals surface area contributed by atoms with Crippen molar-refractivity contribution in [2.24, 2.45) is 5.73 Å². The van der Waals surface area contributed by atoms with E-state index in [0.717, 1.165) is 23.6 Å². The van der Waals surface area contributed by atoms with E-state index in [-0.39, 0.29) is 0 Å². The molecule has 0 unspecified atom stereocenters. The first kappa shape index (κ1) is 13.8. The van der Waals surface area contributed by atoms with Crippen LogP contribution < -0.4 is 10.6 Å². The third-order valence-electron chi connectivity index (χ3n) is 3.83. The Morgan fingerprint density at radius 3 is 2.56 bits per heavy atom. The zero-order valence-corrected chi connectivity index (χ0v) is 12.8. The summed E-state index contributed by atoms with van der Waals surface area (Å²) in [4.78, 5) is 4.80. The lowest BCUT2D eigenvalue weighted by molar-refractivity contribution is 0.249. The third kappa shape index (κ3) is 2.87. The Hall–Kier alpha value is -0.580. The van der Waals surface area contributed by atoms with Crippen LogP contribution >= 0.6 is 15.9 Å². The van der Waals surface area contributed by atoms with Crippen LogP contribution in [0, 0.1) is 0 Å². The highest BCUT2D eigenvalue weighted by Gasteiger charge is 2.22. The lowest BCUT2D eigenvalue weighted by atomic mass is 10.0. The minimum absolute atomic E-state index is 0.588. The number of nitrogens with zero attached hydrogens (tertiary/aromatic N) is 2. The monoisotopic (exact) mass is 311 g/mol. The molecule has 1 aromatic rings. The zero-order chi connectivity index (χ0) is 13.1. The van der Waals surface area contributed by atoms with Crippen LogP contribution in [-0.2, 0) is 6.54 Å². The Morgan fingerprint density at radius 1 is 1.33 bits per heavy atom. The van der Waals surface area contributed by atoms with Gasteiger partial charge >= 0.3 is 0 Å². The molecule has 0 radical (unpaired) electrons. The highest BCUT2D eigenvalue weighted by Crippen LogP contribution is 2.30. The second-order valence-corrected chi connectivity index (χ2v) is 5.98. The molecular weight excluding hydrogens is 290 g/mol. The Bertz CT molecular complexity index is 398. The maximum Gasteiger partial charge on any atom is 0.0423 e. The van der Waals surface area contributed by atoms with Gasteiger partial charge in [0.25, 0.3) is 0 Å². The molecule has 2 N–H and O–H groups in total. The number of halogens is 1. The molecule has 3 nitrogen and oxygen atoms in total. The molecule has 4 heteroatoms. The fourth-order valence-electron chi connectivity index (χ4n) is 2.67. The molecule has 1 heterocycles. The van der Waals surface area contributed by atoms with Crippen LogP contribution in [0.3, 0.4) is 0 Å². The molecule has 2 rings (SSSR count). The van der Waals surface area contributed by atoms with E-state index in [1.54, 1.807) is 0 Å². The fraction of sp³-hybridized carbons (Fsp3) is 0.571. The average Bonchev–Trinajstić information content (AvgIpc) is 2.38. The van der Waals surface area contributed by atoms with Crippen LogP contribution in [0.2, 0.25) is 0 Å². The van der Waals surface area contributed by atoms with Crippen LogP contribution in [0.25, 0.3) is 0 Å². The van der Waals surface area contributed by atoms with Gasteiger partial charge in [0.15, 0.2) is 0 Å². The van der Waals surface area contributed by atoms with Gasteiger partial charge in [-0.2, -0.15) is 0 Å². The minimum Gasteiger partial charge on any atom is -0.371 e. The van der Waals surface area contributed by atoms with Crippen LogP contribution in [0.4, 0.5) is 5.69 Å². The van der Waals surface area contributed by atoms with Crippen molar-refractivity contribution in [3.63, 3.8) is 0 Å². The summed E-state index contributed by atoms with van der Waals surface area (Å²) >= 11 is 3.59. The topological polar surface area (TPSA) is 32.5 Å². The Morgan fingerprint density at radius 2 is 2.00 bits per heavy atom. The summed E-state index contributed by atoms with van der Waals surface area (Å²) in [6.07, 6.45) is 2.45. The molecule has 1 fully saturated rings. The summed E-state index contributed by atoms with van der Waals surface area (Å²) < 4.78 is 1.12. The van der Waals surface area contributed by atoms with E-state index >= 15 is 0 Å². The summed E-state index contributed by atoms with van der Waals surface area (Å²) in [6, 6.07) is 7.06. The molecule has 0 spiro atoms. The van der Waals surface area contributed by atoms with E-state index in [9.17, 15) is 0 Å². The van der Waals surface area contributed by atoms with Crippen molar-refractivity contribution in [3.8, 4) is 0 Å². The van der Waals surface area contributed by atoms with E-state index in [0.29, 0.717) is 6.54 Å². The summed E-state index contributed by atoms with van der Waals surface area (Å²) in [5.41, 5.74) is 8.39. The number of hydrogen-bond donors (Lipinski definition) is 1. The van der Waals surface area contributed by atoms with Crippen molar-refractivity contribution < 1.29 is 0 Å². The second kappa shape index (κ2) is 6.04. The lowest BCUT2D eigenvalue weighted by Crippen LogP contribution is -2.42. The largest absolute Gasteiger partial charge is 0.371 e. The number of rotatable bonds is 3. The molecule has 1 saturated heterocycles. The van der Waals surface area contributed by atoms with Crippen molar-refractivity contribution >= 4 is 21.6 Å². The normalized spacial score (nSPS) is 17.5. The lowest BCUT2D eigenvalue weighted by Gasteiger charge is -2.37. The van der Waals surface area contributed by atoms with E-state index < -0.39 is 0 Å². The van der Waals surface area contributed by atoms with Gasteiger partial charge in [-0.05, 0) is 39.1 Å². The Balaban J connectivity index is 2.12. The number of benzene rings is 1. The van der Waals surface area contributed by atoms with Crippen molar-refractivity contribution in [1.29, 1.82) is 0 Å². The first-order valence-electron chi connectivity index (χ1n) is 6.52. The molecule has 0 bridgehead atoms. The van der Waals surface area contributed by atoms with Gasteiger partial charge < -0.3 is 15.5 Å². The average molecular weight is 312 g/mol. The van der Waals surface area contributed by atoms with Gasteiger partial charge in [0.05, 0.1) is 0 Å². The highest BCUT2D eigenvalue weighted by molar-refractivity contribution is 9.10. The molecule has 18 heavy (non-hydrogen) atoms. The summed E-state index contributed by atoms with van der Waals surface area (Å²) in [5.74, 6) is 0. The standard InChI is InChI=1S/C14H22BrN3/c1-17(2)11-6-8-18(9-7-11)14-5-3-4-13(15)12(14)10-16/h3-5,11H,6-10,16H2,1-2H3. The quantitative estimate of drug-likeness (QED) is 0.930. The summed E-state index contributed by atoms with van der Waals surface area (Å²) in [7, 11) is 4.34. The second-order valence-electron chi connectivity index (χ2n) is 5.12. The summed E-state index contributed by atoms with van der Waals surface area (Å²) in [5, 5.41) is 0. The SMILES string of the molecule is CN(C)C1CCN(c2cccc(Br)c2CN)CC1. The van der Waals surface area contributed by atoms with Crippen LogP contribution in [0.1, 0.15) is 18.4 Å². The molecule has 1 aromatic carbocycles. The minimum atomic E-state index is 0.588. The van der Waals surface area contributed by atoms with Crippen molar-refractivity contribution in [3.05, 3.63) is 28.2 Å². The molecule has 1 aliphatic heterocycles. The maximum atomic E-state index is 5.87. The summed E-state index contributed by atoms with van der Waals surface area (Å²) in [6.45, 7) is 2.82. The van der Waals surface area contributed by atoms with Crippen LogP contribution in [0.5, 0.6) is 0 Å². The van der Waals surface area contributed by atoms with Gasteiger partial charge in [-0.15, -0.1) is 0 Å². The van der Waals surface area contributed by atoms with Crippen LogP contribution in [-0.4, -0.2) is 38.1 Å². The van der Waals surface area contributed by atoms with Gasteiger partial charge in [0.1, 0.15) is 0 Å². The van der Waals surface area contributed by atoms with E-state index in [2.05, 4.69) is 58.0 Å². The van der Waals surface area contributed by atoms with Crippen molar-refractivity contribution in [2.45, 2.75) is 25.4 Å². The van der Waals surface area contributed by atoms with Gasteiger partial charge in [0, 0.05) is 41.4 Å². The van der Waals surface area contributed by atoms with E-state index in [4.69, 9.17) is 5.73 Å². The molecule has 1 aliphatic rings. The Labute approximate surface area is 118 Å². The number of hydrogen-bond acceptors (Lipinski definition) is 3. The molecule has 0 amide bonds. The first-order valence-corrected chi connectivity index (χ1v) is 7.31. The number of anilines is 1. The molecule has 0 aromatic heterocycles. The zero-order valence-electron chi connectivity index (χ0n) is 11.2. The van der Waals surface area contributed by atoms with Gasteiger partial charge in [-0.3, -0.25) is 0 Å². The third-order valence-corrected chi connectivity index (χ3v) is 4.58. The number of nitrogens with two attached hydrogens (primary N) is 1. The van der Waals surface area contributed by atoms with Crippen molar-refractivity contribution in [1.82, 2.24) is 4.90 Å². The van der Waals surface area contributed by atoms with Gasteiger partial charge in [0.2, 0.25) is 0 Å². The fourth-order valence-corrected chi connectivity index (χ4v) is 3.19. The molecule has 0 saturated carbocycles.